The van der Waals surface area contributed by atoms with Crippen LogP contribution in [0.25, 0.3) is 0 Å². The molecule has 0 saturated heterocycles. The normalized spacial score (nSPS) is 12.7. The highest BCUT2D eigenvalue weighted by Crippen LogP contribution is 2.28. The lowest BCUT2D eigenvalue weighted by Crippen LogP contribution is -2.17. The molecule has 6 heteroatoms. The summed E-state index contributed by atoms with van der Waals surface area (Å²) >= 11 is 12.2. The minimum absolute atomic E-state index is 0.0762. The molecule has 1 heterocycles. The van der Waals surface area contributed by atoms with E-state index in [-0.39, 0.29) is 5.02 Å². The van der Waals surface area contributed by atoms with Gasteiger partial charge in [0.2, 0.25) is 0 Å². The number of aromatic nitrogens is 2. The smallest absolute Gasteiger partial charge is 0.146 e. The zero-order valence-electron chi connectivity index (χ0n) is 12.0. The van der Waals surface area contributed by atoms with Gasteiger partial charge in [-0.25, -0.2) is 4.39 Å². The zero-order valence-corrected chi connectivity index (χ0v) is 13.5. The zero-order chi connectivity index (χ0) is 15.6. The molecule has 0 aliphatic rings. The molecular formula is C15H18Cl2FN3. The van der Waals surface area contributed by atoms with Crippen LogP contribution in [0, 0.1) is 5.82 Å². The topological polar surface area (TPSA) is 43.8 Å². The molecular weight excluding hydrogens is 312 g/mol. The van der Waals surface area contributed by atoms with E-state index in [0.29, 0.717) is 23.6 Å². The first-order valence-corrected chi connectivity index (χ1v) is 7.68. The van der Waals surface area contributed by atoms with Crippen molar-refractivity contribution >= 4 is 23.2 Å². The molecule has 3 nitrogen and oxygen atoms in total. The van der Waals surface area contributed by atoms with Gasteiger partial charge in [-0.1, -0.05) is 42.3 Å². The first-order chi connectivity index (χ1) is 9.99. The average molecular weight is 330 g/mol. The lowest BCUT2D eigenvalue weighted by atomic mass is 10.0. The van der Waals surface area contributed by atoms with Gasteiger partial charge < -0.3 is 5.73 Å². The predicted molar refractivity (Wildman–Crippen MR) is 84.3 cm³/mol. The third-order valence-corrected chi connectivity index (χ3v) is 4.22. The molecule has 114 valence electrons. The maximum atomic E-state index is 14.0. The summed E-state index contributed by atoms with van der Waals surface area (Å²) in [6.07, 6.45) is 1.16. The highest BCUT2D eigenvalue weighted by Gasteiger charge is 2.20. The molecule has 2 aromatic rings. The number of hydrogen-bond acceptors (Lipinski definition) is 2. The summed E-state index contributed by atoms with van der Waals surface area (Å²) in [4.78, 5) is 0. The summed E-state index contributed by atoms with van der Waals surface area (Å²) in [5.74, 6) is -0.471. The number of rotatable bonds is 5. The van der Waals surface area contributed by atoms with Crippen LogP contribution in [0.4, 0.5) is 4.39 Å². The molecule has 0 spiro atoms. The van der Waals surface area contributed by atoms with Crippen LogP contribution >= 0.6 is 23.2 Å². The maximum absolute atomic E-state index is 14.0. The fourth-order valence-corrected chi connectivity index (χ4v) is 2.87. The van der Waals surface area contributed by atoms with E-state index in [0.717, 1.165) is 17.8 Å². The Morgan fingerprint density at radius 3 is 2.67 bits per heavy atom. The Hall–Kier alpha value is -1.10. The van der Waals surface area contributed by atoms with Gasteiger partial charge in [-0.15, -0.1) is 0 Å². The minimum atomic E-state index is -0.520. The fraction of sp³-hybridized carbons (Fsp3) is 0.400. The van der Waals surface area contributed by atoms with Crippen LogP contribution < -0.4 is 5.73 Å². The van der Waals surface area contributed by atoms with Crippen molar-refractivity contribution in [3.05, 3.63) is 51.0 Å². The number of nitrogens with zero attached hydrogens (tertiary/aromatic N) is 2. The summed E-state index contributed by atoms with van der Waals surface area (Å²) in [6.45, 7) is 4.67. The van der Waals surface area contributed by atoms with Gasteiger partial charge in [0.1, 0.15) is 5.82 Å². The third kappa shape index (κ3) is 3.23. The monoisotopic (exact) mass is 329 g/mol. The molecule has 2 rings (SSSR count). The molecule has 0 saturated carbocycles. The highest BCUT2D eigenvalue weighted by molar-refractivity contribution is 6.32. The first kappa shape index (κ1) is 16.3. The van der Waals surface area contributed by atoms with Gasteiger partial charge in [0.05, 0.1) is 21.4 Å². The average Bonchev–Trinajstić information content (AvgIpc) is 2.78. The number of halogens is 3. The summed E-state index contributed by atoms with van der Waals surface area (Å²) in [6, 6.07) is 4.32. The van der Waals surface area contributed by atoms with E-state index in [1.165, 1.54) is 6.07 Å². The third-order valence-electron chi connectivity index (χ3n) is 3.49. The van der Waals surface area contributed by atoms with Crippen molar-refractivity contribution in [2.75, 3.05) is 0 Å². The molecule has 1 aromatic heterocycles. The molecule has 21 heavy (non-hydrogen) atoms. The summed E-state index contributed by atoms with van der Waals surface area (Å²) in [7, 11) is 0. The van der Waals surface area contributed by atoms with Crippen LogP contribution in [-0.4, -0.2) is 9.78 Å². The molecule has 0 amide bonds. The van der Waals surface area contributed by atoms with Crippen LogP contribution in [0.3, 0.4) is 0 Å². The van der Waals surface area contributed by atoms with E-state index in [4.69, 9.17) is 28.9 Å². The van der Waals surface area contributed by atoms with Crippen molar-refractivity contribution in [1.29, 1.82) is 0 Å². The Morgan fingerprint density at radius 1 is 1.33 bits per heavy atom. The largest absolute Gasteiger partial charge is 0.324 e. The van der Waals surface area contributed by atoms with Gasteiger partial charge in [-0.3, -0.25) is 4.68 Å². The van der Waals surface area contributed by atoms with Gasteiger partial charge >= 0.3 is 0 Å². The fourth-order valence-electron chi connectivity index (χ4n) is 2.34. The van der Waals surface area contributed by atoms with E-state index in [1.807, 2.05) is 18.5 Å². The molecule has 1 atom stereocenters. The summed E-state index contributed by atoms with van der Waals surface area (Å²) in [5.41, 5.74) is 8.21. The number of hydrogen-bond donors (Lipinski definition) is 1. The van der Waals surface area contributed by atoms with E-state index in [9.17, 15) is 4.39 Å². The van der Waals surface area contributed by atoms with Gasteiger partial charge in [-0.2, -0.15) is 5.10 Å². The van der Waals surface area contributed by atoms with Crippen molar-refractivity contribution in [2.24, 2.45) is 5.73 Å². The second-order valence-electron chi connectivity index (χ2n) is 4.83. The van der Waals surface area contributed by atoms with Crippen LogP contribution in [0.2, 0.25) is 10.0 Å². The molecule has 0 aliphatic carbocycles. The van der Waals surface area contributed by atoms with Crippen molar-refractivity contribution in [2.45, 2.75) is 39.3 Å². The van der Waals surface area contributed by atoms with E-state index in [1.54, 1.807) is 12.1 Å². The number of benzene rings is 1. The first-order valence-electron chi connectivity index (χ1n) is 6.93. The second kappa shape index (κ2) is 6.77. The molecule has 0 radical (unpaired) electrons. The molecule has 2 N–H and O–H groups in total. The van der Waals surface area contributed by atoms with Crippen molar-refractivity contribution in [3.8, 4) is 0 Å². The van der Waals surface area contributed by atoms with Gasteiger partial charge in [-0.05, 0) is 19.4 Å². The Morgan fingerprint density at radius 2 is 2.05 bits per heavy atom. The second-order valence-corrected chi connectivity index (χ2v) is 5.62. The van der Waals surface area contributed by atoms with Crippen LogP contribution in [0.5, 0.6) is 0 Å². The quantitative estimate of drug-likeness (QED) is 0.895. The van der Waals surface area contributed by atoms with E-state index < -0.39 is 11.9 Å². The lowest BCUT2D eigenvalue weighted by molar-refractivity contribution is 0.555. The molecule has 0 bridgehead atoms. The highest BCUT2D eigenvalue weighted by atomic mass is 35.5. The molecule has 1 unspecified atom stereocenters. The minimum Gasteiger partial charge on any atom is -0.324 e. The maximum Gasteiger partial charge on any atom is 0.146 e. The number of nitrogens with two attached hydrogens (primary N) is 1. The van der Waals surface area contributed by atoms with Crippen molar-refractivity contribution < 1.29 is 4.39 Å². The van der Waals surface area contributed by atoms with Crippen LogP contribution in [-0.2, 0) is 19.4 Å². The van der Waals surface area contributed by atoms with Crippen LogP contribution in [0.1, 0.15) is 36.8 Å². The Labute approximate surface area is 133 Å². The standard InChI is InChI=1S/C15H18Cl2FN3/c1-3-12-14(17)13(21(4-2)20-12)8-11(19)9-6-5-7-10(16)15(9)18/h5-7,11H,3-4,8,19H2,1-2H3. The Kier molecular flexibility index (Phi) is 5.25. The summed E-state index contributed by atoms with van der Waals surface area (Å²) in [5, 5.41) is 5.14. The van der Waals surface area contributed by atoms with Crippen molar-refractivity contribution in [3.63, 3.8) is 0 Å². The van der Waals surface area contributed by atoms with Gasteiger partial charge in [0, 0.05) is 24.6 Å². The number of aryl methyl sites for hydroxylation is 2. The summed E-state index contributed by atoms with van der Waals surface area (Å²) < 4.78 is 15.9. The van der Waals surface area contributed by atoms with E-state index >= 15 is 0 Å². The Bertz CT molecular complexity index is 640. The van der Waals surface area contributed by atoms with Crippen molar-refractivity contribution in [1.82, 2.24) is 9.78 Å². The van der Waals surface area contributed by atoms with Gasteiger partial charge in [0.25, 0.3) is 0 Å². The van der Waals surface area contributed by atoms with Crippen LogP contribution in [0.15, 0.2) is 18.2 Å². The predicted octanol–water partition coefficient (Wildman–Crippen LogP) is 4.15. The molecule has 0 aliphatic heterocycles. The lowest BCUT2D eigenvalue weighted by Gasteiger charge is -2.15. The SMILES string of the molecule is CCc1nn(CC)c(CC(N)c2cccc(Cl)c2F)c1Cl. The molecule has 1 aromatic carbocycles. The van der Waals surface area contributed by atoms with E-state index in [2.05, 4.69) is 5.10 Å². The molecule has 0 fully saturated rings. The van der Waals surface area contributed by atoms with Gasteiger partial charge in [0.15, 0.2) is 0 Å². The Balaban J connectivity index is 2.33.